The summed E-state index contributed by atoms with van der Waals surface area (Å²) in [6.45, 7) is -0.690. The largest absolute Gasteiger partial charge is 0.444 e. The van der Waals surface area contributed by atoms with E-state index in [0.717, 1.165) is 17.4 Å². The van der Waals surface area contributed by atoms with Crippen molar-refractivity contribution in [1.82, 2.24) is 19.9 Å². The average Bonchev–Trinajstić information content (AvgIpc) is 3.46. The van der Waals surface area contributed by atoms with Crippen LogP contribution in [0.4, 0.5) is 23.0 Å². The number of halogens is 3. The van der Waals surface area contributed by atoms with E-state index in [1.54, 1.807) is 6.07 Å². The number of amides is 3. The SMILES string of the molecule is O=C(NC(=O)c1ccsc1NC(=O)c1cnc2ccnn2c1)OCc1ccccc1C(F)(F)F. The summed E-state index contributed by atoms with van der Waals surface area (Å²) in [5.74, 6) is -1.46. The number of anilines is 1. The number of hydrogen-bond donors (Lipinski definition) is 2. The summed E-state index contributed by atoms with van der Waals surface area (Å²) in [6, 6.07) is 7.64. The number of imide groups is 1. The quantitative estimate of drug-likeness (QED) is 0.436. The predicted molar refractivity (Wildman–Crippen MR) is 114 cm³/mol. The van der Waals surface area contributed by atoms with Gasteiger partial charge in [-0.05, 0) is 17.5 Å². The maximum Gasteiger partial charge on any atom is 0.416 e. The maximum atomic E-state index is 13.0. The zero-order chi connectivity index (χ0) is 24.3. The van der Waals surface area contributed by atoms with Gasteiger partial charge in [0, 0.05) is 24.0 Å². The molecule has 0 aliphatic carbocycles. The highest BCUT2D eigenvalue weighted by Gasteiger charge is 2.33. The highest BCUT2D eigenvalue weighted by Crippen LogP contribution is 2.32. The van der Waals surface area contributed by atoms with Crippen LogP contribution in [0.1, 0.15) is 31.8 Å². The fourth-order valence-corrected chi connectivity index (χ4v) is 3.73. The van der Waals surface area contributed by atoms with Crippen molar-refractivity contribution in [2.24, 2.45) is 0 Å². The first-order valence-corrected chi connectivity index (χ1v) is 10.4. The molecular weight excluding hydrogens is 475 g/mol. The Morgan fingerprint density at radius 3 is 2.68 bits per heavy atom. The molecule has 2 N–H and O–H groups in total. The first-order valence-electron chi connectivity index (χ1n) is 9.54. The Kier molecular flexibility index (Phi) is 6.27. The van der Waals surface area contributed by atoms with E-state index in [4.69, 9.17) is 4.74 Å². The van der Waals surface area contributed by atoms with Crippen LogP contribution < -0.4 is 10.6 Å². The number of rotatable bonds is 5. The number of aromatic nitrogens is 3. The maximum absolute atomic E-state index is 13.0. The molecule has 4 rings (SSSR count). The van der Waals surface area contributed by atoms with Gasteiger partial charge in [-0.2, -0.15) is 18.3 Å². The van der Waals surface area contributed by atoms with E-state index in [1.165, 1.54) is 52.8 Å². The molecule has 0 saturated carbocycles. The van der Waals surface area contributed by atoms with Gasteiger partial charge in [-0.1, -0.05) is 18.2 Å². The van der Waals surface area contributed by atoms with E-state index >= 15 is 0 Å². The highest BCUT2D eigenvalue weighted by molar-refractivity contribution is 7.14. The summed E-state index contributed by atoms with van der Waals surface area (Å²) in [5, 5.41) is 10.2. The third-order valence-electron chi connectivity index (χ3n) is 4.54. The van der Waals surface area contributed by atoms with Gasteiger partial charge in [0.25, 0.3) is 11.8 Å². The number of fused-ring (bicyclic) bond motifs is 1. The molecule has 0 unspecified atom stereocenters. The first-order chi connectivity index (χ1) is 16.2. The van der Waals surface area contributed by atoms with Gasteiger partial charge in [-0.25, -0.2) is 14.3 Å². The van der Waals surface area contributed by atoms with Crippen LogP contribution in [0.3, 0.4) is 0 Å². The zero-order valence-electron chi connectivity index (χ0n) is 17.0. The molecule has 0 aliphatic heterocycles. The van der Waals surface area contributed by atoms with E-state index in [-0.39, 0.29) is 21.7 Å². The summed E-state index contributed by atoms with van der Waals surface area (Å²) in [5.41, 5.74) is -0.509. The van der Waals surface area contributed by atoms with Gasteiger partial charge in [-0.3, -0.25) is 14.9 Å². The lowest BCUT2D eigenvalue weighted by atomic mass is 10.1. The topological polar surface area (TPSA) is 115 Å². The molecule has 0 radical (unpaired) electrons. The molecule has 34 heavy (non-hydrogen) atoms. The van der Waals surface area contributed by atoms with Gasteiger partial charge in [-0.15, -0.1) is 11.3 Å². The van der Waals surface area contributed by atoms with Gasteiger partial charge in [0.15, 0.2) is 5.65 Å². The number of carbonyl (C=O) groups excluding carboxylic acids is 3. The van der Waals surface area contributed by atoms with Crippen LogP contribution in [0.25, 0.3) is 5.65 Å². The number of alkyl halides is 3. The van der Waals surface area contributed by atoms with Crippen molar-refractivity contribution in [2.45, 2.75) is 12.8 Å². The number of nitrogens with one attached hydrogen (secondary N) is 2. The lowest BCUT2D eigenvalue weighted by Crippen LogP contribution is -2.31. The Hall–Kier alpha value is -4.26. The van der Waals surface area contributed by atoms with Gasteiger partial charge in [0.1, 0.15) is 11.6 Å². The minimum atomic E-state index is -4.62. The van der Waals surface area contributed by atoms with Crippen LogP contribution in [0.5, 0.6) is 0 Å². The van der Waals surface area contributed by atoms with Crippen molar-refractivity contribution in [3.63, 3.8) is 0 Å². The van der Waals surface area contributed by atoms with Crippen LogP contribution >= 0.6 is 11.3 Å². The van der Waals surface area contributed by atoms with Crippen molar-refractivity contribution in [2.75, 3.05) is 5.32 Å². The molecular formula is C21H14F3N5O4S. The van der Waals surface area contributed by atoms with Crippen LogP contribution in [-0.4, -0.2) is 32.5 Å². The minimum Gasteiger partial charge on any atom is -0.444 e. The van der Waals surface area contributed by atoms with Gasteiger partial charge >= 0.3 is 12.3 Å². The van der Waals surface area contributed by atoms with Crippen molar-refractivity contribution >= 4 is 39.9 Å². The third kappa shape index (κ3) is 5.04. The molecule has 4 aromatic rings. The second-order valence-corrected chi connectivity index (χ2v) is 7.70. The molecule has 3 heterocycles. The molecule has 0 bridgehead atoms. The van der Waals surface area contributed by atoms with E-state index < -0.39 is 36.3 Å². The Bertz CT molecular complexity index is 1380. The van der Waals surface area contributed by atoms with Crippen molar-refractivity contribution in [1.29, 1.82) is 0 Å². The summed E-state index contributed by atoms with van der Waals surface area (Å²) >= 11 is 1.04. The number of ether oxygens (including phenoxy) is 1. The fourth-order valence-electron chi connectivity index (χ4n) is 2.95. The second kappa shape index (κ2) is 9.31. The number of benzene rings is 1. The van der Waals surface area contributed by atoms with Crippen molar-refractivity contribution in [3.05, 3.63) is 82.6 Å². The summed E-state index contributed by atoms with van der Waals surface area (Å²) < 4.78 is 45.3. The molecule has 13 heteroatoms. The Morgan fingerprint density at radius 1 is 1.09 bits per heavy atom. The minimum absolute atomic E-state index is 0.0286. The predicted octanol–water partition coefficient (Wildman–Crippen LogP) is 4.13. The number of hydrogen-bond acceptors (Lipinski definition) is 7. The summed E-state index contributed by atoms with van der Waals surface area (Å²) in [7, 11) is 0. The molecule has 174 valence electrons. The summed E-state index contributed by atoms with van der Waals surface area (Å²) in [4.78, 5) is 41.1. The fraction of sp³-hybridized carbons (Fsp3) is 0.0952. The van der Waals surface area contributed by atoms with E-state index in [2.05, 4.69) is 15.4 Å². The van der Waals surface area contributed by atoms with Crippen LogP contribution in [0.15, 0.2) is 60.4 Å². The monoisotopic (exact) mass is 489 g/mol. The van der Waals surface area contributed by atoms with Crippen LogP contribution in [0, 0.1) is 0 Å². The highest BCUT2D eigenvalue weighted by atomic mass is 32.1. The first kappa shape index (κ1) is 22.9. The lowest BCUT2D eigenvalue weighted by molar-refractivity contribution is -0.138. The number of carbonyl (C=O) groups is 3. The smallest absolute Gasteiger partial charge is 0.416 e. The van der Waals surface area contributed by atoms with E-state index in [0.29, 0.717) is 5.65 Å². The number of alkyl carbamates (subject to hydrolysis) is 1. The molecule has 9 nitrogen and oxygen atoms in total. The molecule has 1 aromatic carbocycles. The van der Waals surface area contributed by atoms with E-state index in [9.17, 15) is 27.6 Å². The van der Waals surface area contributed by atoms with Crippen molar-refractivity contribution < 1.29 is 32.3 Å². The Morgan fingerprint density at radius 2 is 1.88 bits per heavy atom. The molecule has 0 spiro atoms. The Labute approximate surface area is 193 Å². The Balaban J connectivity index is 1.38. The molecule has 3 amide bonds. The zero-order valence-corrected chi connectivity index (χ0v) is 17.8. The molecule has 0 atom stereocenters. The summed E-state index contributed by atoms with van der Waals surface area (Å²) in [6.07, 6.45) is -1.53. The normalized spacial score (nSPS) is 11.3. The van der Waals surface area contributed by atoms with Crippen molar-refractivity contribution in [3.8, 4) is 0 Å². The van der Waals surface area contributed by atoms with Crippen LogP contribution in [-0.2, 0) is 17.5 Å². The van der Waals surface area contributed by atoms with Gasteiger partial charge in [0.2, 0.25) is 0 Å². The van der Waals surface area contributed by atoms with E-state index in [1.807, 2.05) is 5.32 Å². The average molecular weight is 489 g/mol. The van der Waals surface area contributed by atoms with Gasteiger partial charge < -0.3 is 10.1 Å². The standard InChI is InChI=1S/C21H14F3N5O4S/c22-21(23,24)15-4-2-1-3-12(15)11-33-20(32)28-18(31)14-6-8-34-19(14)27-17(30)13-9-25-16-5-7-26-29(16)10-13/h1-10H,11H2,(H,27,30)(H,28,31,32). The second-order valence-electron chi connectivity index (χ2n) is 6.78. The number of thiophene rings is 1. The third-order valence-corrected chi connectivity index (χ3v) is 5.37. The van der Waals surface area contributed by atoms with Gasteiger partial charge in [0.05, 0.1) is 22.9 Å². The molecule has 0 aliphatic rings. The molecule has 3 aromatic heterocycles. The molecule has 0 saturated heterocycles. The van der Waals surface area contributed by atoms with Crippen LogP contribution in [0.2, 0.25) is 0 Å². The number of nitrogens with zero attached hydrogens (tertiary/aromatic N) is 3. The molecule has 0 fully saturated rings. The lowest BCUT2D eigenvalue weighted by Gasteiger charge is -2.13.